The maximum absolute atomic E-state index is 13.0. The minimum Gasteiger partial charge on any atom is -0.667 e. The minimum absolute atomic E-state index is 0.339. The molecule has 0 bridgehead atoms. The van der Waals surface area contributed by atoms with Gasteiger partial charge in [0.15, 0.2) is 0 Å². The van der Waals surface area contributed by atoms with E-state index in [4.69, 9.17) is 5.73 Å². The highest BCUT2D eigenvalue weighted by atomic mass is 19.4. The fourth-order valence-electron chi connectivity index (χ4n) is 3.77. The lowest BCUT2D eigenvalue weighted by Crippen LogP contribution is -2.04. The molecular weight excluding hydrogens is 351 g/mol. The second-order valence-corrected chi connectivity index (χ2v) is 6.61. The minimum atomic E-state index is -4.40. The number of benzene rings is 3. The van der Waals surface area contributed by atoms with Gasteiger partial charge in [-0.2, -0.15) is 13.2 Å². The summed E-state index contributed by atoms with van der Waals surface area (Å²) in [4.78, 5) is 7.52. The van der Waals surface area contributed by atoms with Crippen molar-refractivity contribution < 1.29 is 13.2 Å². The summed E-state index contributed by atoms with van der Waals surface area (Å²) in [6.07, 6.45) is -4.40. The fraction of sp³-hybridized carbons (Fsp3) is 0.0952. The standard InChI is InChI=1S/C21H13F3N3/c22-21(23,24)11-8-9-16-17(10-11)27-20(26-16)15-7-3-6-14-18(15)12-4-1-2-5-13(12)19(14)25/h1-10,19,25H,(H,26,27)/q-1. The molecule has 1 aromatic heterocycles. The third kappa shape index (κ3) is 2.37. The summed E-state index contributed by atoms with van der Waals surface area (Å²) in [6.45, 7) is 0. The quantitative estimate of drug-likeness (QED) is 0.419. The molecule has 3 nitrogen and oxygen atoms in total. The lowest BCUT2D eigenvalue weighted by Gasteiger charge is -2.16. The summed E-state index contributed by atoms with van der Waals surface area (Å²) in [5.74, 6) is 0.505. The van der Waals surface area contributed by atoms with E-state index < -0.39 is 17.8 Å². The van der Waals surface area contributed by atoms with Crippen LogP contribution in [-0.4, -0.2) is 9.97 Å². The molecule has 2 N–H and O–H groups in total. The van der Waals surface area contributed by atoms with E-state index in [0.29, 0.717) is 16.9 Å². The summed E-state index contributed by atoms with van der Waals surface area (Å²) in [5, 5.41) is 0. The molecule has 0 spiro atoms. The molecule has 1 heterocycles. The zero-order chi connectivity index (χ0) is 18.8. The second-order valence-electron chi connectivity index (χ2n) is 6.61. The summed E-state index contributed by atoms with van der Waals surface area (Å²) in [5.41, 5.74) is 13.1. The summed E-state index contributed by atoms with van der Waals surface area (Å²) >= 11 is 0. The van der Waals surface area contributed by atoms with E-state index in [1.165, 1.54) is 6.07 Å². The van der Waals surface area contributed by atoms with Crippen LogP contribution in [0.15, 0.2) is 60.7 Å². The van der Waals surface area contributed by atoms with Gasteiger partial charge in [0.1, 0.15) is 5.82 Å². The van der Waals surface area contributed by atoms with Gasteiger partial charge in [-0.05, 0) is 29.3 Å². The van der Waals surface area contributed by atoms with Gasteiger partial charge >= 0.3 is 6.18 Å². The molecule has 1 aliphatic rings. The molecule has 1 atom stereocenters. The number of hydrogen-bond acceptors (Lipinski definition) is 1. The Morgan fingerprint density at radius 1 is 0.889 bits per heavy atom. The van der Waals surface area contributed by atoms with Crippen LogP contribution in [0.5, 0.6) is 0 Å². The molecule has 0 radical (unpaired) electrons. The van der Waals surface area contributed by atoms with Gasteiger partial charge in [-0.15, -0.1) is 0 Å². The van der Waals surface area contributed by atoms with Crippen molar-refractivity contribution in [1.29, 1.82) is 0 Å². The Kier molecular flexibility index (Phi) is 3.24. The third-order valence-electron chi connectivity index (χ3n) is 5.01. The van der Waals surface area contributed by atoms with Crippen molar-refractivity contribution in [3.63, 3.8) is 0 Å². The van der Waals surface area contributed by atoms with Crippen molar-refractivity contribution in [1.82, 2.24) is 9.97 Å². The van der Waals surface area contributed by atoms with E-state index in [0.717, 1.165) is 39.9 Å². The molecule has 3 aromatic carbocycles. The normalized spacial score (nSPS) is 15.8. The van der Waals surface area contributed by atoms with Gasteiger partial charge in [0.2, 0.25) is 0 Å². The van der Waals surface area contributed by atoms with Crippen molar-refractivity contribution in [3.05, 3.63) is 83.1 Å². The molecule has 0 amide bonds. The third-order valence-corrected chi connectivity index (χ3v) is 5.01. The highest BCUT2D eigenvalue weighted by Crippen LogP contribution is 2.48. The van der Waals surface area contributed by atoms with E-state index in [2.05, 4.69) is 9.97 Å². The smallest absolute Gasteiger partial charge is 0.416 e. The molecule has 5 rings (SSSR count). The number of halogens is 3. The van der Waals surface area contributed by atoms with Crippen molar-refractivity contribution in [2.24, 2.45) is 0 Å². The molecule has 134 valence electrons. The van der Waals surface area contributed by atoms with Crippen LogP contribution in [0.1, 0.15) is 22.7 Å². The van der Waals surface area contributed by atoms with E-state index in [1.807, 2.05) is 42.5 Å². The number of rotatable bonds is 1. The van der Waals surface area contributed by atoms with Gasteiger partial charge in [-0.1, -0.05) is 59.6 Å². The van der Waals surface area contributed by atoms with Gasteiger partial charge in [0, 0.05) is 5.56 Å². The fourth-order valence-corrected chi connectivity index (χ4v) is 3.77. The monoisotopic (exact) mass is 364 g/mol. The van der Waals surface area contributed by atoms with E-state index in [-0.39, 0.29) is 0 Å². The molecular formula is C21H13F3N3-. The van der Waals surface area contributed by atoms with Gasteiger partial charge < -0.3 is 10.7 Å². The first-order valence-corrected chi connectivity index (χ1v) is 8.44. The number of imidazole rings is 1. The van der Waals surface area contributed by atoms with Gasteiger partial charge in [-0.25, -0.2) is 4.98 Å². The van der Waals surface area contributed by atoms with Crippen molar-refractivity contribution in [2.45, 2.75) is 12.2 Å². The Morgan fingerprint density at radius 3 is 2.44 bits per heavy atom. The first-order valence-electron chi connectivity index (χ1n) is 8.44. The van der Waals surface area contributed by atoms with Gasteiger partial charge in [0.25, 0.3) is 0 Å². The first-order chi connectivity index (χ1) is 12.9. The number of nitrogens with zero attached hydrogens (tertiary/aromatic N) is 1. The lowest BCUT2D eigenvalue weighted by molar-refractivity contribution is -0.137. The van der Waals surface area contributed by atoms with Crippen LogP contribution in [0.3, 0.4) is 0 Å². The van der Waals surface area contributed by atoms with Crippen LogP contribution in [0.25, 0.3) is 39.3 Å². The molecule has 1 unspecified atom stereocenters. The zero-order valence-corrected chi connectivity index (χ0v) is 13.9. The van der Waals surface area contributed by atoms with E-state index >= 15 is 0 Å². The lowest BCUT2D eigenvalue weighted by atomic mass is 9.99. The summed E-state index contributed by atoms with van der Waals surface area (Å²) < 4.78 is 38.9. The van der Waals surface area contributed by atoms with Crippen LogP contribution in [-0.2, 0) is 6.18 Å². The number of alkyl halides is 3. The molecule has 0 fully saturated rings. The first kappa shape index (κ1) is 16.1. The van der Waals surface area contributed by atoms with Gasteiger partial charge in [0.05, 0.1) is 16.6 Å². The Labute approximate surface area is 152 Å². The molecule has 0 saturated heterocycles. The van der Waals surface area contributed by atoms with E-state index in [1.54, 1.807) is 0 Å². The number of fused-ring (bicyclic) bond motifs is 4. The summed E-state index contributed by atoms with van der Waals surface area (Å²) in [6, 6.07) is 16.4. The molecule has 0 saturated carbocycles. The van der Waals surface area contributed by atoms with Crippen LogP contribution < -0.4 is 0 Å². The topological polar surface area (TPSA) is 52.5 Å². The van der Waals surface area contributed by atoms with Crippen LogP contribution in [0.4, 0.5) is 13.2 Å². The molecule has 27 heavy (non-hydrogen) atoms. The Hall–Kier alpha value is -3.12. The Morgan fingerprint density at radius 2 is 1.63 bits per heavy atom. The predicted octanol–water partition coefficient (Wildman–Crippen LogP) is 6.37. The highest BCUT2D eigenvalue weighted by Gasteiger charge is 2.31. The average Bonchev–Trinajstić information content (AvgIpc) is 3.21. The van der Waals surface area contributed by atoms with Gasteiger partial charge in [-0.3, -0.25) is 0 Å². The number of H-pyrrole nitrogens is 1. The van der Waals surface area contributed by atoms with E-state index in [9.17, 15) is 13.2 Å². The van der Waals surface area contributed by atoms with Crippen molar-refractivity contribution in [2.75, 3.05) is 0 Å². The van der Waals surface area contributed by atoms with Crippen molar-refractivity contribution in [3.8, 4) is 22.5 Å². The number of nitrogens with one attached hydrogen (secondary N) is 2. The number of aromatic nitrogens is 2. The molecule has 1 aliphatic carbocycles. The van der Waals surface area contributed by atoms with Crippen LogP contribution in [0.2, 0.25) is 0 Å². The maximum atomic E-state index is 13.0. The molecule has 6 heteroatoms. The van der Waals surface area contributed by atoms with Crippen LogP contribution >= 0.6 is 0 Å². The molecule has 4 aromatic rings. The Balaban J connectivity index is 1.72. The second kappa shape index (κ2) is 5.44. The predicted molar refractivity (Wildman–Crippen MR) is 98.1 cm³/mol. The molecule has 0 aliphatic heterocycles. The Bertz CT molecular complexity index is 1190. The average molecular weight is 364 g/mol. The number of hydrogen-bond donors (Lipinski definition) is 1. The number of aromatic amines is 1. The largest absolute Gasteiger partial charge is 0.667 e. The maximum Gasteiger partial charge on any atom is 0.416 e. The highest BCUT2D eigenvalue weighted by molar-refractivity contribution is 5.92. The zero-order valence-electron chi connectivity index (χ0n) is 13.9. The summed E-state index contributed by atoms with van der Waals surface area (Å²) in [7, 11) is 0. The van der Waals surface area contributed by atoms with Crippen molar-refractivity contribution >= 4 is 11.0 Å². The SMILES string of the molecule is [NH-]C1c2ccccc2-c2c(-c3nc4ccc(C(F)(F)F)cc4[nH]3)cccc21. The van der Waals surface area contributed by atoms with Crippen LogP contribution in [0, 0.1) is 0 Å².